The Hall–Kier alpha value is -2.11. The zero-order valence-electron chi connectivity index (χ0n) is 13.1. The van der Waals surface area contributed by atoms with E-state index in [4.69, 9.17) is 4.52 Å². The van der Waals surface area contributed by atoms with Crippen LogP contribution in [0.25, 0.3) is 0 Å². The highest BCUT2D eigenvalue weighted by molar-refractivity contribution is 5.91. The Balaban J connectivity index is 1.69. The van der Waals surface area contributed by atoms with Crippen LogP contribution >= 0.6 is 0 Å². The summed E-state index contributed by atoms with van der Waals surface area (Å²) < 4.78 is 7.14. The Kier molecular flexibility index (Phi) is 4.27. The summed E-state index contributed by atoms with van der Waals surface area (Å²) in [6.07, 6.45) is 6.53. The molecule has 1 amide bonds. The molecule has 1 atom stereocenters. The van der Waals surface area contributed by atoms with Crippen LogP contribution in [0.2, 0.25) is 0 Å². The first-order chi connectivity index (χ1) is 10.6. The van der Waals surface area contributed by atoms with Crippen LogP contribution in [0, 0.1) is 5.92 Å². The fraction of sp³-hybridized carbons (Fsp3) is 0.562. The summed E-state index contributed by atoms with van der Waals surface area (Å²) in [4.78, 5) is 14.5. The average molecular weight is 302 g/mol. The van der Waals surface area contributed by atoms with Crippen LogP contribution in [0.4, 0.5) is 0 Å². The first-order valence-electron chi connectivity index (χ1n) is 7.87. The van der Waals surface area contributed by atoms with Crippen LogP contribution in [0.1, 0.15) is 42.9 Å². The Labute approximate surface area is 130 Å². The monoisotopic (exact) mass is 302 g/mol. The zero-order chi connectivity index (χ0) is 15.5. The third-order valence-corrected chi connectivity index (χ3v) is 3.98. The molecule has 1 aliphatic rings. The molecule has 0 aliphatic carbocycles. The molecule has 0 spiro atoms. The molecule has 0 unspecified atom stereocenters. The van der Waals surface area contributed by atoms with Gasteiger partial charge in [0.2, 0.25) is 5.76 Å². The van der Waals surface area contributed by atoms with Gasteiger partial charge in [0.25, 0.3) is 5.91 Å². The van der Waals surface area contributed by atoms with E-state index in [2.05, 4.69) is 24.1 Å². The SMILES string of the molecule is CC(C)Cc1cc(C(=O)N2CCC[C@@H]2Cn2cccn2)on1. The van der Waals surface area contributed by atoms with E-state index in [1.165, 1.54) is 0 Å². The Morgan fingerprint density at radius 2 is 2.36 bits per heavy atom. The van der Waals surface area contributed by atoms with Gasteiger partial charge in [0.1, 0.15) is 0 Å². The summed E-state index contributed by atoms with van der Waals surface area (Å²) in [6.45, 7) is 5.74. The molecule has 118 valence electrons. The lowest BCUT2D eigenvalue weighted by Crippen LogP contribution is -2.38. The average Bonchev–Trinajstić information content (AvgIpc) is 3.19. The zero-order valence-corrected chi connectivity index (χ0v) is 13.1. The molecule has 0 radical (unpaired) electrons. The molecule has 1 aliphatic heterocycles. The topological polar surface area (TPSA) is 64.2 Å². The molecule has 6 nitrogen and oxygen atoms in total. The predicted octanol–water partition coefficient (Wildman–Crippen LogP) is 2.37. The molecule has 0 bridgehead atoms. The quantitative estimate of drug-likeness (QED) is 0.850. The van der Waals surface area contributed by atoms with Crippen molar-refractivity contribution in [2.24, 2.45) is 5.92 Å². The van der Waals surface area contributed by atoms with Gasteiger partial charge in [-0.3, -0.25) is 9.48 Å². The van der Waals surface area contributed by atoms with Crippen molar-refractivity contribution < 1.29 is 9.32 Å². The van der Waals surface area contributed by atoms with E-state index < -0.39 is 0 Å². The molecule has 2 aromatic rings. The van der Waals surface area contributed by atoms with Gasteiger partial charge < -0.3 is 9.42 Å². The first kappa shape index (κ1) is 14.8. The lowest BCUT2D eigenvalue weighted by atomic mass is 10.1. The molecule has 0 aromatic carbocycles. The minimum absolute atomic E-state index is 0.0582. The van der Waals surface area contributed by atoms with Gasteiger partial charge in [-0.25, -0.2) is 0 Å². The number of aromatic nitrogens is 3. The molecule has 3 heterocycles. The third kappa shape index (κ3) is 3.21. The predicted molar refractivity (Wildman–Crippen MR) is 81.3 cm³/mol. The highest BCUT2D eigenvalue weighted by atomic mass is 16.5. The van der Waals surface area contributed by atoms with Crippen LogP contribution in [0.5, 0.6) is 0 Å². The number of carbonyl (C=O) groups is 1. The van der Waals surface area contributed by atoms with Crippen molar-refractivity contribution in [3.63, 3.8) is 0 Å². The largest absolute Gasteiger partial charge is 0.351 e. The van der Waals surface area contributed by atoms with E-state index in [0.717, 1.165) is 38.0 Å². The maximum absolute atomic E-state index is 12.6. The van der Waals surface area contributed by atoms with E-state index in [0.29, 0.717) is 11.7 Å². The molecule has 3 rings (SSSR count). The third-order valence-electron chi connectivity index (χ3n) is 3.98. The van der Waals surface area contributed by atoms with Gasteiger partial charge in [-0.2, -0.15) is 5.10 Å². The Bertz CT molecular complexity index is 618. The van der Waals surface area contributed by atoms with E-state index in [1.807, 2.05) is 21.8 Å². The second kappa shape index (κ2) is 6.34. The van der Waals surface area contributed by atoms with Crippen LogP contribution in [-0.2, 0) is 13.0 Å². The van der Waals surface area contributed by atoms with Crippen LogP contribution in [-0.4, -0.2) is 38.3 Å². The smallest absolute Gasteiger partial charge is 0.292 e. The number of likely N-dealkylation sites (tertiary alicyclic amines) is 1. The standard InChI is InChI=1S/C16H22N4O2/c1-12(2)9-13-10-15(22-18-13)16(21)20-8-3-5-14(20)11-19-7-4-6-17-19/h4,6-7,10,12,14H,3,5,8-9,11H2,1-2H3/t14-/m1/s1. The normalized spacial score (nSPS) is 18.3. The van der Waals surface area contributed by atoms with Gasteiger partial charge >= 0.3 is 0 Å². The van der Waals surface area contributed by atoms with Gasteiger partial charge in [0.15, 0.2) is 0 Å². The highest BCUT2D eigenvalue weighted by Crippen LogP contribution is 2.22. The van der Waals surface area contributed by atoms with Crippen LogP contribution in [0.3, 0.4) is 0 Å². The van der Waals surface area contributed by atoms with Crippen molar-refractivity contribution in [3.8, 4) is 0 Å². The van der Waals surface area contributed by atoms with Crippen molar-refractivity contribution in [3.05, 3.63) is 36.0 Å². The van der Waals surface area contributed by atoms with Gasteiger partial charge in [-0.05, 0) is 31.2 Å². The summed E-state index contributed by atoms with van der Waals surface area (Å²) in [5, 5.41) is 8.24. The van der Waals surface area contributed by atoms with E-state index in [-0.39, 0.29) is 11.9 Å². The number of carbonyl (C=O) groups excluding carboxylic acids is 1. The fourth-order valence-electron chi connectivity index (χ4n) is 2.99. The van der Waals surface area contributed by atoms with Gasteiger partial charge in [0, 0.05) is 25.0 Å². The summed E-state index contributed by atoms with van der Waals surface area (Å²) in [5.74, 6) is 0.785. The van der Waals surface area contributed by atoms with Crippen LogP contribution in [0.15, 0.2) is 29.0 Å². The minimum Gasteiger partial charge on any atom is -0.351 e. The molecule has 2 aromatic heterocycles. The molecule has 22 heavy (non-hydrogen) atoms. The number of amides is 1. The maximum Gasteiger partial charge on any atom is 0.292 e. The molecule has 6 heteroatoms. The summed E-state index contributed by atoms with van der Waals surface area (Å²) in [5.41, 5.74) is 0.848. The van der Waals surface area contributed by atoms with Crippen molar-refractivity contribution >= 4 is 5.91 Å². The van der Waals surface area contributed by atoms with Crippen LogP contribution < -0.4 is 0 Å². The minimum atomic E-state index is -0.0582. The molecule has 0 saturated carbocycles. The molecule has 1 saturated heterocycles. The van der Waals surface area contributed by atoms with E-state index >= 15 is 0 Å². The lowest BCUT2D eigenvalue weighted by molar-refractivity contribution is 0.0679. The van der Waals surface area contributed by atoms with Crippen molar-refractivity contribution in [2.45, 2.75) is 45.7 Å². The second-order valence-electron chi connectivity index (χ2n) is 6.30. The summed E-state index contributed by atoms with van der Waals surface area (Å²) in [7, 11) is 0. The van der Waals surface area contributed by atoms with Crippen molar-refractivity contribution in [1.82, 2.24) is 19.8 Å². The van der Waals surface area contributed by atoms with Gasteiger partial charge in [-0.1, -0.05) is 19.0 Å². The lowest BCUT2D eigenvalue weighted by Gasteiger charge is -2.23. The van der Waals surface area contributed by atoms with Gasteiger partial charge in [0.05, 0.1) is 18.3 Å². The van der Waals surface area contributed by atoms with E-state index in [1.54, 1.807) is 12.3 Å². The molecular formula is C16H22N4O2. The first-order valence-corrected chi connectivity index (χ1v) is 7.87. The van der Waals surface area contributed by atoms with E-state index in [9.17, 15) is 4.79 Å². The second-order valence-corrected chi connectivity index (χ2v) is 6.30. The number of rotatable bonds is 5. The highest BCUT2D eigenvalue weighted by Gasteiger charge is 2.31. The number of hydrogen-bond donors (Lipinski definition) is 0. The molecule has 0 N–H and O–H groups in total. The summed E-state index contributed by atoms with van der Waals surface area (Å²) in [6, 6.07) is 3.85. The Morgan fingerprint density at radius 3 is 3.09 bits per heavy atom. The fourth-order valence-corrected chi connectivity index (χ4v) is 2.99. The number of nitrogens with zero attached hydrogens (tertiary/aromatic N) is 4. The van der Waals surface area contributed by atoms with Gasteiger partial charge in [-0.15, -0.1) is 0 Å². The van der Waals surface area contributed by atoms with Crippen molar-refractivity contribution in [2.75, 3.05) is 6.54 Å². The maximum atomic E-state index is 12.6. The molecular weight excluding hydrogens is 280 g/mol. The number of hydrogen-bond acceptors (Lipinski definition) is 4. The Morgan fingerprint density at radius 1 is 1.50 bits per heavy atom. The molecule has 1 fully saturated rings. The van der Waals surface area contributed by atoms with Crippen molar-refractivity contribution in [1.29, 1.82) is 0 Å². The summed E-state index contributed by atoms with van der Waals surface area (Å²) >= 11 is 0.